The third-order valence-electron chi connectivity index (χ3n) is 2.39. The molecule has 0 aliphatic rings. The highest BCUT2D eigenvalue weighted by Crippen LogP contribution is 2.06. The van der Waals surface area contributed by atoms with E-state index in [1.54, 1.807) is 0 Å². The zero-order chi connectivity index (χ0) is 16.3. The van der Waals surface area contributed by atoms with E-state index in [2.05, 4.69) is 5.32 Å². The number of carbonyl (C=O) groups excluding carboxylic acids is 2. The van der Waals surface area contributed by atoms with Crippen molar-refractivity contribution in [1.29, 1.82) is 0 Å². The highest BCUT2D eigenvalue weighted by molar-refractivity contribution is 5.81. The molecule has 0 aromatic carbocycles. The summed E-state index contributed by atoms with van der Waals surface area (Å²) in [4.78, 5) is 22.6. The van der Waals surface area contributed by atoms with E-state index in [4.69, 9.17) is 14.2 Å². The number of hydrogen-bond donors (Lipinski definition) is 1. The second kappa shape index (κ2) is 10.6. The standard InChI is InChI=1S/C15H29NO5/c1-12(2)13(17)11-20-10-9-19-8-6-7-16-14(18)21-15(3,4)5/h12H,6-11H2,1-5H3,(H,16,18). The molecule has 0 bridgehead atoms. The number of alkyl carbamates (subject to hydrolysis) is 1. The van der Waals surface area contributed by atoms with Crippen LogP contribution in [0.3, 0.4) is 0 Å². The largest absolute Gasteiger partial charge is 0.444 e. The van der Waals surface area contributed by atoms with E-state index < -0.39 is 11.7 Å². The topological polar surface area (TPSA) is 73.9 Å². The first kappa shape index (κ1) is 19.9. The Balaban J connectivity index is 3.34. The summed E-state index contributed by atoms with van der Waals surface area (Å²) in [6.45, 7) is 11.2. The summed E-state index contributed by atoms with van der Waals surface area (Å²) >= 11 is 0. The van der Waals surface area contributed by atoms with E-state index in [1.807, 2.05) is 34.6 Å². The Bertz CT molecular complexity index is 310. The van der Waals surface area contributed by atoms with Gasteiger partial charge >= 0.3 is 6.09 Å². The number of ketones is 1. The molecule has 0 radical (unpaired) electrons. The SMILES string of the molecule is CC(C)C(=O)COCCOCCCNC(=O)OC(C)(C)C. The average molecular weight is 303 g/mol. The molecule has 0 heterocycles. The van der Waals surface area contributed by atoms with Gasteiger partial charge in [0.1, 0.15) is 12.2 Å². The Kier molecular flexibility index (Phi) is 9.99. The maximum atomic E-state index is 11.3. The van der Waals surface area contributed by atoms with Crippen molar-refractivity contribution in [2.75, 3.05) is 33.0 Å². The summed E-state index contributed by atoms with van der Waals surface area (Å²) in [6.07, 6.45) is 0.280. The molecule has 0 rings (SSSR count). The van der Waals surface area contributed by atoms with Gasteiger partial charge < -0.3 is 19.5 Å². The number of carbonyl (C=O) groups is 2. The van der Waals surface area contributed by atoms with Gasteiger partial charge in [-0.2, -0.15) is 0 Å². The summed E-state index contributed by atoms with van der Waals surface area (Å²) in [5, 5.41) is 2.65. The van der Waals surface area contributed by atoms with Crippen molar-refractivity contribution >= 4 is 11.9 Å². The number of Topliss-reactive ketones (excluding diaryl/α,β-unsaturated/α-hetero) is 1. The molecule has 0 aliphatic heterocycles. The van der Waals surface area contributed by atoms with Crippen molar-refractivity contribution in [2.24, 2.45) is 5.92 Å². The van der Waals surface area contributed by atoms with Gasteiger partial charge in [-0.25, -0.2) is 4.79 Å². The van der Waals surface area contributed by atoms with Gasteiger partial charge in [-0.1, -0.05) is 13.8 Å². The fourth-order valence-corrected chi connectivity index (χ4v) is 1.24. The van der Waals surface area contributed by atoms with Crippen LogP contribution in [-0.2, 0) is 19.0 Å². The lowest BCUT2D eigenvalue weighted by atomic mass is 10.1. The third kappa shape index (κ3) is 13.6. The third-order valence-corrected chi connectivity index (χ3v) is 2.39. The number of ether oxygens (including phenoxy) is 3. The minimum atomic E-state index is -0.481. The van der Waals surface area contributed by atoms with Gasteiger partial charge in [0.25, 0.3) is 0 Å². The van der Waals surface area contributed by atoms with Crippen LogP contribution < -0.4 is 5.32 Å². The highest BCUT2D eigenvalue weighted by atomic mass is 16.6. The van der Waals surface area contributed by atoms with Crippen LogP contribution >= 0.6 is 0 Å². The minimum absolute atomic E-state index is 0.00449. The van der Waals surface area contributed by atoms with Crippen LogP contribution in [0.4, 0.5) is 4.79 Å². The smallest absolute Gasteiger partial charge is 0.407 e. The molecule has 1 amide bonds. The maximum absolute atomic E-state index is 11.3. The summed E-state index contributed by atoms with van der Waals surface area (Å²) in [7, 11) is 0. The fourth-order valence-electron chi connectivity index (χ4n) is 1.24. The normalized spacial score (nSPS) is 11.5. The average Bonchev–Trinajstić information content (AvgIpc) is 2.34. The monoisotopic (exact) mass is 303 g/mol. The number of amides is 1. The van der Waals surface area contributed by atoms with Gasteiger partial charge in [-0.05, 0) is 27.2 Å². The van der Waals surface area contributed by atoms with Gasteiger partial charge in [0.15, 0.2) is 5.78 Å². The molecule has 6 heteroatoms. The van der Waals surface area contributed by atoms with E-state index in [9.17, 15) is 9.59 Å². The van der Waals surface area contributed by atoms with Crippen molar-refractivity contribution in [3.05, 3.63) is 0 Å². The molecule has 124 valence electrons. The fraction of sp³-hybridized carbons (Fsp3) is 0.867. The van der Waals surface area contributed by atoms with E-state index >= 15 is 0 Å². The Morgan fingerprint density at radius 3 is 2.24 bits per heavy atom. The van der Waals surface area contributed by atoms with Crippen LogP contribution in [0.15, 0.2) is 0 Å². The molecule has 0 aromatic rings. The quantitative estimate of drug-likeness (QED) is 0.626. The van der Waals surface area contributed by atoms with Crippen molar-refractivity contribution in [2.45, 2.75) is 46.6 Å². The Labute approximate surface area is 127 Å². The molecule has 0 atom stereocenters. The van der Waals surface area contributed by atoms with E-state index in [-0.39, 0.29) is 18.3 Å². The van der Waals surface area contributed by atoms with Crippen LogP contribution in [0, 0.1) is 5.92 Å². The molecule has 21 heavy (non-hydrogen) atoms. The molecule has 0 aromatic heterocycles. The van der Waals surface area contributed by atoms with E-state index in [1.165, 1.54) is 0 Å². The predicted octanol–water partition coefficient (Wildman–Crippen LogP) is 2.16. The van der Waals surface area contributed by atoms with Gasteiger partial charge in [-0.3, -0.25) is 4.79 Å². The number of nitrogens with one attached hydrogen (secondary N) is 1. The van der Waals surface area contributed by atoms with Crippen LogP contribution in [0.1, 0.15) is 41.0 Å². The van der Waals surface area contributed by atoms with Crippen molar-refractivity contribution in [3.8, 4) is 0 Å². The van der Waals surface area contributed by atoms with Crippen LogP contribution in [0.2, 0.25) is 0 Å². The molecule has 1 N–H and O–H groups in total. The van der Waals surface area contributed by atoms with Crippen LogP contribution in [0.25, 0.3) is 0 Å². The predicted molar refractivity (Wildman–Crippen MR) is 80.3 cm³/mol. The summed E-state index contributed by atoms with van der Waals surface area (Å²) in [5.41, 5.74) is -0.481. The van der Waals surface area contributed by atoms with Gasteiger partial charge in [0, 0.05) is 19.1 Å². The summed E-state index contributed by atoms with van der Waals surface area (Å²) in [6, 6.07) is 0. The first-order valence-electron chi connectivity index (χ1n) is 7.37. The van der Waals surface area contributed by atoms with Crippen LogP contribution in [0.5, 0.6) is 0 Å². The van der Waals surface area contributed by atoms with E-state index in [0.29, 0.717) is 32.8 Å². The summed E-state index contributed by atoms with van der Waals surface area (Å²) in [5.74, 6) is 0.0985. The molecule has 0 fully saturated rings. The molecular weight excluding hydrogens is 274 g/mol. The molecule has 0 unspecified atom stereocenters. The lowest BCUT2D eigenvalue weighted by molar-refractivity contribution is -0.127. The first-order valence-corrected chi connectivity index (χ1v) is 7.37. The maximum Gasteiger partial charge on any atom is 0.407 e. The molecule has 0 aliphatic carbocycles. The highest BCUT2D eigenvalue weighted by Gasteiger charge is 2.15. The molecule has 0 spiro atoms. The van der Waals surface area contributed by atoms with Crippen molar-refractivity contribution in [3.63, 3.8) is 0 Å². The van der Waals surface area contributed by atoms with Gasteiger partial charge in [0.2, 0.25) is 0 Å². The molecular formula is C15H29NO5. The van der Waals surface area contributed by atoms with E-state index in [0.717, 1.165) is 0 Å². The van der Waals surface area contributed by atoms with Crippen molar-refractivity contribution in [1.82, 2.24) is 5.32 Å². The lowest BCUT2D eigenvalue weighted by Gasteiger charge is -2.19. The summed E-state index contributed by atoms with van der Waals surface area (Å²) < 4.78 is 15.6. The molecule has 6 nitrogen and oxygen atoms in total. The van der Waals surface area contributed by atoms with Crippen LogP contribution in [-0.4, -0.2) is 50.4 Å². The minimum Gasteiger partial charge on any atom is -0.444 e. The lowest BCUT2D eigenvalue weighted by Crippen LogP contribution is -2.33. The first-order chi connectivity index (χ1) is 9.72. The number of hydrogen-bond acceptors (Lipinski definition) is 5. The zero-order valence-corrected chi connectivity index (χ0v) is 13.9. The second-order valence-corrected chi connectivity index (χ2v) is 6.07. The van der Waals surface area contributed by atoms with Gasteiger partial charge in [-0.15, -0.1) is 0 Å². The Morgan fingerprint density at radius 2 is 1.67 bits per heavy atom. The van der Waals surface area contributed by atoms with Crippen molar-refractivity contribution < 1.29 is 23.8 Å². The number of rotatable bonds is 10. The zero-order valence-electron chi connectivity index (χ0n) is 13.9. The molecule has 0 saturated heterocycles. The Hall–Kier alpha value is -1.14. The molecule has 0 saturated carbocycles. The Morgan fingerprint density at radius 1 is 1.05 bits per heavy atom. The van der Waals surface area contributed by atoms with Gasteiger partial charge in [0.05, 0.1) is 13.2 Å². The second-order valence-electron chi connectivity index (χ2n) is 6.07.